The van der Waals surface area contributed by atoms with Crippen molar-refractivity contribution >= 4 is 29.1 Å². The van der Waals surface area contributed by atoms with E-state index in [1.165, 1.54) is 13.8 Å². The molecular weight excluding hydrogens is 408 g/mol. The number of aliphatic hydroxyl groups excluding tert-OH is 1. The molecule has 0 aliphatic carbocycles. The van der Waals surface area contributed by atoms with Gasteiger partial charge >= 0.3 is 0 Å². The van der Waals surface area contributed by atoms with Crippen LogP contribution in [0.2, 0.25) is 0 Å². The van der Waals surface area contributed by atoms with Crippen LogP contribution in [-0.2, 0) is 9.59 Å². The monoisotopic (exact) mass is 444 g/mol. The lowest BCUT2D eigenvalue weighted by Crippen LogP contribution is -2.47. The zero-order chi connectivity index (χ0) is 23.8. The van der Waals surface area contributed by atoms with Crippen molar-refractivity contribution in [2.24, 2.45) is 17.8 Å². The number of aliphatic hydroxyl groups is 1. The summed E-state index contributed by atoms with van der Waals surface area (Å²) in [6, 6.07) is 5.45. The molecule has 0 aromatic heterocycles. The van der Waals surface area contributed by atoms with Gasteiger partial charge in [-0.25, -0.2) is 0 Å². The summed E-state index contributed by atoms with van der Waals surface area (Å²) in [5.74, 6) is 0.660. The number of anilines is 1. The van der Waals surface area contributed by atoms with Gasteiger partial charge in [-0.3, -0.25) is 24.5 Å². The molecule has 2 unspecified atom stereocenters. The minimum Gasteiger partial charge on any atom is -0.396 e. The summed E-state index contributed by atoms with van der Waals surface area (Å²) in [5.41, 5.74) is 1.92. The van der Waals surface area contributed by atoms with Crippen molar-refractivity contribution in [2.75, 3.05) is 24.6 Å². The molecule has 2 fully saturated rings. The Morgan fingerprint density at radius 2 is 1.88 bits per heavy atom. The summed E-state index contributed by atoms with van der Waals surface area (Å²) < 4.78 is 0. The average Bonchev–Trinajstić information content (AvgIpc) is 2.72. The molecule has 2 heterocycles. The number of ketones is 2. The van der Waals surface area contributed by atoms with Crippen LogP contribution < -0.4 is 10.2 Å². The largest absolute Gasteiger partial charge is 0.396 e. The highest BCUT2D eigenvalue weighted by atomic mass is 16.3. The summed E-state index contributed by atoms with van der Waals surface area (Å²) in [4.78, 5) is 47.8. The van der Waals surface area contributed by atoms with Crippen LogP contribution >= 0.6 is 0 Å². The minimum atomic E-state index is -0.125. The van der Waals surface area contributed by atoms with Crippen molar-refractivity contribution < 1.29 is 24.3 Å². The number of imide groups is 1. The van der Waals surface area contributed by atoms with E-state index in [-0.39, 0.29) is 35.9 Å². The summed E-state index contributed by atoms with van der Waals surface area (Å²) in [6.45, 7) is 9.13. The molecule has 2 aliphatic heterocycles. The van der Waals surface area contributed by atoms with Crippen molar-refractivity contribution in [2.45, 2.75) is 59.8 Å². The van der Waals surface area contributed by atoms with Crippen molar-refractivity contribution in [3.63, 3.8) is 0 Å². The fourth-order valence-electron chi connectivity index (χ4n) is 4.33. The third-order valence-corrected chi connectivity index (χ3v) is 6.45. The quantitative estimate of drug-likeness (QED) is 0.471. The Morgan fingerprint density at radius 1 is 1.19 bits per heavy atom. The van der Waals surface area contributed by atoms with Gasteiger partial charge in [0.1, 0.15) is 0 Å². The third-order valence-electron chi connectivity index (χ3n) is 6.45. The predicted molar refractivity (Wildman–Crippen MR) is 124 cm³/mol. The van der Waals surface area contributed by atoms with E-state index in [4.69, 9.17) is 5.11 Å². The molecule has 0 saturated carbocycles. The van der Waals surface area contributed by atoms with Gasteiger partial charge in [0.15, 0.2) is 11.6 Å². The molecule has 2 N–H and O–H groups in total. The van der Waals surface area contributed by atoms with Gasteiger partial charge in [0.05, 0.1) is 5.56 Å². The number of nitrogens with zero attached hydrogens (tertiary/aromatic N) is 1. The molecule has 32 heavy (non-hydrogen) atoms. The van der Waals surface area contributed by atoms with E-state index in [0.717, 1.165) is 44.5 Å². The second kappa shape index (κ2) is 11.9. The van der Waals surface area contributed by atoms with Gasteiger partial charge < -0.3 is 10.0 Å². The highest BCUT2D eigenvalue weighted by molar-refractivity contribution is 6.10. The lowest BCUT2D eigenvalue weighted by atomic mass is 9.85. The van der Waals surface area contributed by atoms with E-state index in [1.54, 1.807) is 6.07 Å². The van der Waals surface area contributed by atoms with E-state index >= 15 is 0 Å². The average molecular weight is 445 g/mol. The van der Waals surface area contributed by atoms with Crippen molar-refractivity contribution in [3.05, 3.63) is 29.3 Å². The first-order valence-electron chi connectivity index (χ1n) is 11.5. The highest BCUT2D eigenvalue weighted by Gasteiger charge is 2.30. The third kappa shape index (κ3) is 6.48. The van der Waals surface area contributed by atoms with Crippen molar-refractivity contribution in [3.8, 4) is 0 Å². The Morgan fingerprint density at radius 3 is 2.41 bits per heavy atom. The lowest BCUT2D eigenvalue weighted by molar-refractivity contribution is -0.137. The van der Waals surface area contributed by atoms with E-state index in [1.807, 2.05) is 12.1 Å². The first-order valence-corrected chi connectivity index (χ1v) is 11.5. The second-order valence-electron chi connectivity index (χ2n) is 8.89. The number of hydrogen-bond donors (Lipinski definition) is 2. The lowest BCUT2D eigenvalue weighted by Gasteiger charge is -2.42. The first kappa shape index (κ1) is 25.7. The molecule has 1 aromatic carbocycles. The number of rotatable bonds is 8. The van der Waals surface area contributed by atoms with Crippen LogP contribution in [0.25, 0.3) is 0 Å². The van der Waals surface area contributed by atoms with Crippen LogP contribution in [0.4, 0.5) is 5.69 Å². The maximum atomic E-state index is 11.9. The number of amides is 2. The number of carbonyl (C=O) groups excluding carboxylic acids is 4. The number of nitrogens with one attached hydrogen (secondary N) is 1. The van der Waals surface area contributed by atoms with Crippen LogP contribution in [0, 0.1) is 17.8 Å². The van der Waals surface area contributed by atoms with Gasteiger partial charge in [-0.05, 0) is 51.0 Å². The summed E-state index contributed by atoms with van der Waals surface area (Å²) >= 11 is 0. The fourth-order valence-corrected chi connectivity index (χ4v) is 4.33. The smallest absolute Gasteiger partial charge is 0.229 e. The van der Waals surface area contributed by atoms with Crippen LogP contribution in [0.3, 0.4) is 0 Å². The second-order valence-corrected chi connectivity index (χ2v) is 8.89. The normalized spacial score (nSPS) is 19.4. The Balaban J connectivity index is 0.000000258. The molecule has 1 aromatic rings. The van der Waals surface area contributed by atoms with Crippen LogP contribution in [0.15, 0.2) is 18.2 Å². The summed E-state index contributed by atoms with van der Waals surface area (Å²) in [6.07, 6.45) is 4.05. The predicted octanol–water partition coefficient (Wildman–Crippen LogP) is 3.39. The topological polar surface area (TPSA) is 104 Å². The Kier molecular flexibility index (Phi) is 9.57. The molecule has 0 bridgehead atoms. The molecule has 2 saturated heterocycles. The summed E-state index contributed by atoms with van der Waals surface area (Å²) in [7, 11) is 0. The van der Waals surface area contributed by atoms with E-state index < -0.39 is 0 Å². The maximum Gasteiger partial charge on any atom is 0.229 e. The zero-order valence-electron chi connectivity index (χ0n) is 19.6. The Bertz CT molecular complexity index is 845. The van der Waals surface area contributed by atoms with Crippen molar-refractivity contribution in [1.82, 2.24) is 5.32 Å². The molecule has 0 radical (unpaired) electrons. The van der Waals surface area contributed by atoms with Gasteiger partial charge in [-0.15, -0.1) is 0 Å². The zero-order valence-corrected chi connectivity index (χ0v) is 19.6. The molecule has 2 aliphatic rings. The molecule has 3 rings (SSSR count). The number of benzene rings is 1. The van der Waals surface area contributed by atoms with Gasteiger partial charge in [0.25, 0.3) is 0 Å². The maximum absolute atomic E-state index is 11.9. The highest BCUT2D eigenvalue weighted by Crippen LogP contribution is 2.32. The molecule has 0 spiro atoms. The molecule has 2 amide bonds. The number of Topliss-reactive ketones (excluding diaryl/α,β-unsaturated/α-hetero) is 2. The van der Waals surface area contributed by atoms with E-state index in [9.17, 15) is 19.2 Å². The van der Waals surface area contributed by atoms with E-state index in [2.05, 4.69) is 24.1 Å². The van der Waals surface area contributed by atoms with Crippen LogP contribution in [-0.4, -0.2) is 48.2 Å². The number of piperidine rings is 1. The molecule has 2 atom stereocenters. The molecule has 7 heteroatoms. The first-order chi connectivity index (χ1) is 15.2. The van der Waals surface area contributed by atoms with E-state index in [0.29, 0.717) is 29.4 Å². The van der Waals surface area contributed by atoms with Crippen molar-refractivity contribution in [1.29, 1.82) is 0 Å². The number of hydrogen-bond acceptors (Lipinski definition) is 6. The van der Waals surface area contributed by atoms with Gasteiger partial charge in [0, 0.05) is 43.3 Å². The fraction of sp³-hybridized carbons (Fsp3) is 0.600. The van der Waals surface area contributed by atoms with Gasteiger partial charge in [-0.2, -0.15) is 0 Å². The standard InChI is InChI=1S/C16H21NO3.C9H15NO2/c1-11(19)14-6-3-7-15(16(14)12(2)20)17-9-13(10-17)5-4-8-18;1-3-6(2)7-4-5-8(11)10-9(7)12/h3,6-7,13,18H,4-5,8-10H2,1-2H3;6-7H,3-5H2,1-2H3,(H,10,11,12). The summed E-state index contributed by atoms with van der Waals surface area (Å²) in [5, 5.41) is 11.2. The van der Waals surface area contributed by atoms with Crippen LogP contribution in [0.1, 0.15) is 80.5 Å². The Labute approximate surface area is 190 Å². The Hall–Kier alpha value is -2.54. The van der Waals surface area contributed by atoms with Gasteiger partial charge in [-0.1, -0.05) is 32.4 Å². The molecule has 7 nitrogen and oxygen atoms in total. The molecule has 176 valence electrons. The SMILES string of the molecule is CC(=O)c1cccc(N2CC(CCCO)C2)c1C(C)=O.CCC(C)C1CCC(=O)NC1=O. The molecular formula is C25H36N2O5. The number of carbonyl (C=O) groups is 4. The minimum absolute atomic E-state index is 0.0488. The van der Waals surface area contributed by atoms with Gasteiger partial charge in [0.2, 0.25) is 11.8 Å². The van der Waals surface area contributed by atoms with Crippen LogP contribution in [0.5, 0.6) is 0 Å².